The average molecular weight is 215 g/mol. The van der Waals surface area contributed by atoms with Crippen LogP contribution in [0.5, 0.6) is 0 Å². The Morgan fingerprint density at radius 2 is 1.81 bits per heavy atom. The molecule has 0 N–H and O–H groups in total. The van der Waals surface area contributed by atoms with E-state index in [4.69, 9.17) is 0 Å². The van der Waals surface area contributed by atoms with Gasteiger partial charge in [-0.25, -0.2) is 0 Å². The lowest BCUT2D eigenvalue weighted by Gasteiger charge is -2.24. The first-order valence-corrected chi connectivity index (χ1v) is 5.92. The number of allylic oxidation sites excluding steroid dienone is 2. The molecule has 0 spiro atoms. The van der Waals surface area contributed by atoms with Crippen LogP contribution in [0.4, 0.5) is 5.69 Å². The van der Waals surface area contributed by atoms with Gasteiger partial charge in [-0.1, -0.05) is 26.0 Å². The molecule has 1 heteroatoms. The fourth-order valence-electron chi connectivity index (χ4n) is 3.25. The summed E-state index contributed by atoms with van der Waals surface area (Å²) in [6.45, 7) is 11.1. The standard InChI is InChI=1S/C15H21N/c1-7-13-15(4,5)14-11(3)8-10(2)9-12(14)16(13)6/h7-9H,1-6H3. The maximum absolute atomic E-state index is 2.33. The van der Waals surface area contributed by atoms with E-state index < -0.39 is 0 Å². The summed E-state index contributed by atoms with van der Waals surface area (Å²) in [4.78, 5) is 2.33. The molecule has 0 unspecified atom stereocenters. The number of fused-ring (bicyclic) bond motifs is 1. The van der Waals surface area contributed by atoms with Gasteiger partial charge in [0, 0.05) is 23.8 Å². The van der Waals surface area contributed by atoms with Crippen LogP contribution in [0.2, 0.25) is 0 Å². The fraction of sp³-hybridized carbons (Fsp3) is 0.467. The topological polar surface area (TPSA) is 3.24 Å². The molecule has 0 bridgehead atoms. The molecule has 16 heavy (non-hydrogen) atoms. The van der Waals surface area contributed by atoms with Crippen molar-refractivity contribution < 1.29 is 0 Å². The van der Waals surface area contributed by atoms with E-state index in [2.05, 4.69) is 64.8 Å². The largest absolute Gasteiger partial charge is 0.347 e. The summed E-state index contributed by atoms with van der Waals surface area (Å²) in [5.41, 5.74) is 7.14. The van der Waals surface area contributed by atoms with Crippen molar-refractivity contribution in [1.29, 1.82) is 0 Å². The number of hydrogen-bond acceptors (Lipinski definition) is 1. The van der Waals surface area contributed by atoms with Crippen LogP contribution in [0.1, 0.15) is 37.5 Å². The third-order valence-corrected chi connectivity index (χ3v) is 3.72. The Bertz CT molecular complexity index is 467. The smallest absolute Gasteiger partial charge is 0.0453 e. The summed E-state index contributed by atoms with van der Waals surface area (Å²) >= 11 is 0. The molecule has 2 rings (SSSR count). The van der Waals surface area contributed by atoms with E-state index in [-0.39, 0.29) is 5.41 Å². The molecule has 0 fully saturated rings. The number of aryl methyl sites for hydroxylation is 2. The fourth-order valence-corrected chi connectivity index (χ4v) is 3.25. The van der Waals surface area contributed by atoms with E-state index in [9.17, 15) is 0 Å². The van der Waals surface area contributed by atoms with Crippen LogP contribution in [0.25, 0.3) is 0 Å². The second kappa shape index (κ2) is 3.38. The zero-order valence-corrected chi connectivity index (χ0v) is 11.2. The Labute approximate surface area is 98.8 Å². The van der Waals surface area contributed by atoms with Crippen LogP contribution >= 0.6 is 0 Å². The molecule has 1 aliphatic heterocycles. The molecule has 1 nitrogen and oxygen atoms in total. The SMILES string of the molecule is CC=C1N(C)c2cc(C)cc(C)c2C1(C)C. The summed E-state index contributed by atoms with van der Waals surface area (Å²) in [5, 5.41) is 0. The highest BCUT2D eigenvalue weighted by molar-refractivity contribution is 5.72. The van der Waals surface area contributed by atoms with Gasteiger partial charge in [0.1, 0.15) is 0 Å². The Hall–Kier alpha value is -1.24. The molecule has 1 aromatic carbocycles. The molecule has 1 heterocycles. The Morgan fingerprint density at radius 3 is 2.38 bits per heavy atom. The molecule has 0 aliphatic carbocycles. The number of rotatable bonds is 0. The lowest BCUT2D eigenvalue weighted by molar-refractivity contribution is 0.635. The van der Waals surface area contributed by atoms with Crippen LogP contribution in [0.3, 0.4) is 0 Å². The van der Waals surface area contributed by atoms with E-state index >= 15 is 0 Å². The quantitative estimate of drug-likeness (QED) is 0.633. The van der Waals surface area contributed by atoms with Crippen molar-refractivity contribution in [2.24, 2.45) is 0 Å². The average Bonchev–Trinajstić information content (AvgIpc) is 2.33. The van der Waals surface area contributed by atoms with Crippen LogP contribution in [-0.2, 0) is 5.41 Å². The van der Waals surface area contributed by atoms with Crippen molar-refractivity contribution in [1.82, 2.24) is 0 Å². The van der Waals surface area contributed by atoms with Gasteiger partial charge in [0.2, 0.25) is 0 Å². The molecular formula is C15H21N. The number of hydrogen-bond donors (Lipinski definition) is 0. The predicted octanol–water partition coefficient (Wildman–Crippen LogP) is 3.93. The summed E-state index contributed by atoms with van der Waals surface area (Å²) in [6, 6.07) is 4.58. The maximum atomic E-state index is 2.33. The van der Waals surface area contributed by atoms with Gasteiger partial charge in [-0.15, -0.1) is 0 Å². The van der Waals surface area contributed by atoms with Gasteiger partial charge in [0.25, 0.3) is 0 Å². The highest BCUT2D eigenvalue weighted by Crippen LogP contribution is 2.48. The molecule has 0 saturated carbocycles. The minimum absolute atomic E-state index is 0.136. The van der Waals surface area contributed by atoms with Gasteiger partial charge in [0.15, 0.2) is 0 Å². The number of anilines is 1. The summed E-state index contributed by atoms with van der Waals surface area (Å²) in [6.07, 6.45) is 2.23. The van der Waals surface area contributed by atoms with Crippen LogP contribution in [0.15, 0.2) is 23.9 Å². The molecule has 1 aromatic rings. The van der Waals surface area contributed by atoms with Crippen molar-refractivity contribution in [3.8, 4) is 0 Å². The van der Waals surface area contributed by atoms with Gasteiger partial charge >= 0.3 is 0 Å². The minimum atomic E-state index is 0.136. The number of benzene rings is 1. The van der Waals surface area contributed by atoms with E-state index in [1.807, 2.05) is 0 Å². The zero-order chi connectivity index (χ0) is 12.1. The normalized spacial score (nSPS) is 20.4. The molecule has 0 atom stereocenters. The summed E-state index contributed by atoms with van der Waals surface area (Å²) in [7, 11) is 2.17. The number of likely N-dealkylation sites (N-methyl/N-ethyl adjacent to an activating group) is 1. The Kier molecular flexibility index (Phi) is 2.37. The summed E-state index contributed by atoms with van der Waals surface area (Å²) < 4.78 is 0. The van der Waals surface area contributed by atoms with Gasteiger partial charge in [-0.2, -0.15) is 0 Å². The van der Waals surface area contributed by atoms with E-state index in [0.717, 1.165) is 0 Å². The summed E-state index contributed by atoms with van der Waals surface area (Å²) in [5.74, 6) is 0. The van der Waals surface area contributed by atoms with Gasteiger partial charge in [-0.3, -0.25) is 0 Å². The molecule has 0 aromatic heterocycles. The molecule has 1 aliphatic rings. The zero-order valence-electron chi connectivity index (χ0n) is 11.2. The van der Waals surface area contributed by atoms with Gasteiger partial charge in [-0.05, 0) is 43.5 Å². The van der Waals surface area contributed by atoms with Crippen LogP contribution < -0.4 is 4.90 Å². The van der Waals surface area contributed by atoms with Gasteiger partial charge < -0.3 is 4.90 Å². The predicted molar refractivity (Wildman–Crippen MR) is 71.1 cm³/mol. The van der Waals surface area contributed by atoms with E-state index in [1.54, 1.807) is 0 Å². The van der Waals surface area contributed by atoms with Crippen molar-refractivity contribution in [3.05, 3.63) is 40.6 Å². The molecule has 0 radical (unpaired) electrons. The van der Waals surface area contributed by atoms with Crippen LogP contribution in [-0.4, -0.2) is 7.05 Å². The van der Waals surface area contributed by atoms with E-state index in [0.29, 0.717) is 0 Å². The van der Waals surface area contributed by atoms with Crippen LogP contribution in [0, 0.1) is 13.8 Å². The molecular weight excluding hydrogens is 194 g/mol. The third kappa shape index (κ3) is 1.31. The lowest BCUT2D eigenvalue weighted by Crippen LogP contribution is -2.22. The highest BCUT2D eigenvalue weighted by atomic mass is 15.2. The second-order valence-corrected chi connectivity index (χ2v) is 5.33. The van der Waals surface area contributed by atoms with E-state index in [1.165, 1.54) is 28.1 Å². The maximum Gasteiger partial charge on any atom is 0.0453 e. The van der Waals surface area contributed by atoms with Crippen molar-refractivity contribution in [3.63, 3.8) is 0 Å². The third-order valence-electron chi connectivity index (χ3n) is 3.72. The minimum Gasteiger partial charge on any atom is -0.347 e. The van der Waals surface area contributed by atoms with Crippen molar-refractivity contribution >= 4 is 5.69 Å². The first kappa shape index (κ1) is 11.3. The monoisotopic (exact) mass is 215 g/mol. The first-order chi connectivity index (χ1) is 7.39. The Balaban J connectivity index is 2.77. The first-order valence-electron chi connectivity index (χ1n) is 5.92. The molecule has 0 saturated heterocycles. The number of nitrogens with zero attached hydrogens (tertiary/aromatic N) is 1. The molecule has 0 amide bonds. The second-order valence-electron chi connectivity index (χ2n) is 5.33. The Morgan fingerprint density at radius 1 is 1.19 bits per heavy atom. The highest BCUT2D eigenvalue weighted by Gasteiger charge is 2.39. The molecule has 86 valence electrons. The van der Waals surface area contributed by atoms with Gasteiger partial charge in [0.05, 0.1) is 0 Å². The lowest BCUT2D eigenvalue weighted by atomic mass is 9.81. The van der Waals surface area contributed by atoms with Crippen molar-refractivity contribution in [2.45, 2.75) is 40.0 Å². The van der Waals surface area contributed by atoms with Crippen molar-refractivity contribution in [2.75, 3.05) is 11.9 Å².